The van der Waals surface area contributed by atoms with Crippen LogP contribution < -0.4 is 0 Å². The van der Waals surface area contributed by atoms with Crippen LogP contribution >= 0.6 is 0 Å². The number of unbranched alkanes of at least 4 members (excludes halogenated alkanes) is 2. The molecular weight excluding hydrogens is 303 g/mol. The summed E-state index contributed by atoms with van der Waals surface area (Å²) in [5.74, 6) is -4.58. The molecule has 1 nitrogen and oxygen atoms in total. The lowest BCUT2D eigenvalue weighted by Crippen LogP contribution is -2.36. The Morgan fingerprint density at radius 1 is 0.955 bits per heavy atom. The molecule has 0 saturated heterocycles. The van der Waals surface area contributed by atoms with E-state index >= 15 is 0 Å². The third kappa shape index (κ3) is 6.73. The van der Waals surface area contributed by atoms with Crippen molar-refractivity contribution in [1.82, 2.24) is 0 Å². The Labute approximate surface area is 127 Å². The zero-order valence-electron chi connectivity index (χ0n) is 12.5. The van der Waals surface area contributed by atoms with Gasteiger partial charge in [-0.05, 0) is 25.3 Å². The molecule has 0 aliphatic heterocycles. The average molecular weight is 324 g/mol. The SMILES string of the molecule is CC(CCCCCC(F)(F)C(F)(F)F)OCc1ccccc1. The van der Waals surface area contributed by atoms with Crippen LogP contribution in [-0.4, -0.2) is 18.2 Å². The molecule has 1 aromatic rings. The molecule has 22 heavy (non-hydrogen) atoms. The van der Waals surface area contributed by atoms with Crippen LogP contribution in [-0.2, 0) is 11.3 Å². The minimum atomic E-state index is -5.45. The quantitative estimate of drug-likeness (QED) is 0.416. The standard InChI is InChI=1S/C16H21F5O/c1-13(22-12-14-9-5-2-6-10-14)8-4-3-7-11-15(17,18)16(19,20)21/h2,5-6,9-10,13H,3-4,7-8,11-12H2,1H3. The maximum Gasteiger partial charge on any atom is 0.453 e. The van der Waals surface area contributed by atoms with Gasteiger partial charge in [-0.15, -0.1) is 0 Å². The van der Waals surface area contributed by atoms with Crippen LogP contribution in [0.3, 0.4) is 0 Å². The van der Waals surface area contributed by atoms with E-state index in [1.165, 1.54) is 0 Å². The van der Waals surface area contributed by atoms with Crippen LogP contribution in [0.25, 0.3) is 0 Å². The highest BCUT2D eigenvalue weighted by Gasteiger charge is 2.56. The van der Waals surface area contributed by atoms with Crippen molar-refractivity contribution in [2.75, 3.05) is 0 Å². The summed E-state index contributed by atoms with van der Waals surface area (Å²) < 4.78 is 66.8. The molecule has 6 heteroatoms. The maximum atomic E-state index is 12.7. The van der Waals surface area contributed by atoms with Gasteiger partial charge in [0.1, 0.15) is 0 Å². The van der Waals surface area contributed by atoms with Gasteiger partial charge in [-0.1, -0.05) is 43.2 Å². The number of hydrogen-bond acceptors (Lipinski definition) is 1. The highest BCUT2D eigenvalue weighted by molar-refractivity contribution is 5.13. The molecule has 0 amide bonds. The minimum Gasteiger partial charge on any atom is -0.374 e. The Morgan fingerprint density at radius 3 is 2.18 bits per heavy atom. The van der Waals surface area contributed by atoms with Crippen molar-refractivity contribution < 1.29 is 26.7 Å². The first-order chi connectivity index (χ1) is 10.2. The number of alkyl halides is 5. The molecule has 0 heterocycles. The van der Waals surface area contributed by atoms with Crippen molar-refractivity contribution in [3.8, 4) is 0 Å². The van der Waals surface area contributed by atoms with E-state index in [-0.39, 0.29) is 12.5 Å². The monoisotopic (exact) mass is 324 g/mol. The smallest absolute Gasteiger partial charge is 0.374 e. The first-order valence-corrected chi connectivity index (χ1v) is 7.32. The third-order valence-corrected chi connectivity index (χ3v) is 3.39. The van der Waals surface area contributed by atoms with E-state index < -0.39 is 18.5 Å². The molecule has 0 saturated carbocycles. The van der Waals surface area contributed by atoms with E-state index in [2.05, 4.69) is 0 Å². The van der Waals surface area contributed by atoms with Gasteiger partial charge < -0.3 is 4.74 Å². The maximum absolute atomic E-state index is 12.7. The van der Waals surface area contributed by atoms with Crippen molar-refractivity contribution in [2.45, 2.75) is 63.8 Å². The summed E-state index contributed by atoms with van der Waals surface area (Å²) in [6, 6.07) is 9.59. The predicted molar refractivity (Wildman–Crippen MR) is 74.8 cm³/mol. The average Bonchev–Trinajstić information content (AvgIpc) is 2.44. The van der Waals surface area contributed by atoms with E-state index in [1.807, 2.05) is 37.3 Å². The molecule has 0 aliphatic rings. The Bertz CT molecular complexity index is 416. The van der Waals surface area contributed by atoms with Gasteiger partial charge in [0.15, 0.2) is 0 Å². The number of rotatable bonds is 9. The van der Waals surface area contributed by atoms with E-state index in [1.54, 1.807) is 0 Å². The summed E-state index contributed by atoms with van der Waals surface area (Å²) in [5.41, 5.74) is 1.04. The highest BCUT2D eigenvalue weighted by Crippen LogP contribution is 2.39. The Hall–Kier alpha value is -1.17. The number of hydrogen-bond donors (Lipinski definition) is 0. The lowest BCUT2D eigenvalue weighted by atomic mass is 10.1. The molecule has 0 N–H and O–H groups in total. The number of halogens is 5. The van der Waals surface area contributed by atoms with Crippen molar-refractivity contribution in [3.63, 3.8) is 0 Å². The fraction of sp³-hybridized carbons (Fsp3) is 0.625. The van der Waals surface area contributed by atoms with Crippen molar-refractivity contribution in [2.24, 2.45) is 0 Å². The normalized spacial score (nSPS) is 14.1. The minimum absolute atomic E-state index is 0.0525. The molecule has 1 atom stereocenters. The molecule has 0 radical (unpaired) electrons. The number of ether oxygens (including phenoxy) is 1. The van der Waals surface area contributed by atoms with E-state index in [0.717, 1.165) is 5.56 Å². The van der Waals surface area contributed by atoms with E-state index in [0.29, 0.717) is 25.9 Å². The molecule has 1 aromatic carbocycles. The summed E-state index contributed by atoms with van der Waals surface area (Å²) in [4.78, 5) is 0. The number of benzene rings is 1. The van der Waals surface area contributed by atoms with Gasteiger partial charge in [0.05, 0.1) is 12.7 Å². The molecule has 0 spiro atoms. The molecule has 0 aliphatic carbocycles. The second kappa shape index (κ2) is 8.46. The fourth-order valence-electron chi connectivity index (χ4n) is 1.99. The first kappa shape index (κ1) is 18.9. The van der Waals surface area contributed by atoms with Crippen LogP contribution in [0.5, 0.6) is 0 Å². The highest BCUT2D eigenvalue weighted by atomic mass is 19.4. The lowest BCUT2D eigenvalue weighted by Gasteiger charge is -2.19. The van der Waals surface area contributed by atoms with Crippen LogP contribution in [0, 0.1) is 0 Å². The zero-order valence-corrected chi connectivity index (χ0v) is 12.5. The Balaban J connectivity index is 2.12. The molecule has 0 bridgehead atoms. The Morgan fingerprint density at radius 2 is 1.59 bits per heavy atom. The fourth-order valence-corrected chi connectivity index (χ4v) is 1.99. The largest absolute Gasteiger partial charge is 0.453 e. The molecule has 0 fully saturated rings. The van der Waals surface area contributed by atoms with Gasteiger partial charge in [0.2, 0.25) is 0 Å². The summed E-state index contributed by atoms with van der Waals surface area (Å²) >= 11 is 0. The van der Waals surface area contributed by atoms with Gasteiger partial charge in [-0.2, -0.15) is 22.0 Å². The topological polar surface area (TPSA) is 9.23 Å². The summed E-state index contributed by atoms with van der Waals surface area (Å²) in [7, 11) is 0. The molecule has 0 aromatic heterocycles. The third-order valence-electron chi connectivity index (χ3n) is 3.39. The van der Waals surface area contributed by atoms with Gasteiger partial charge in [-0.25, -0.2) is 0 Å². The summed E-state index contributed by atoms with van der Waals surface area (Å²) in [6.45, 7) is 2.33. The molecule has 1 rings (SSSR count). The van der Waals surface area contributed by atoms with Crippen LogP contribution in [0.1, 0.15) is 44.6 Å². The molecular formula is C16H21F5O. The van der Waals surface area contributed by atoms with Crippen LogP contribution in [0.15, 0.2) is 30.3 Å². The molecule has 1 unspecified atom stereocenters. The van der Waals surface area contributed by atoms with Crippen LogP contribution in [0.2, 0.25) is 0 Å². The summed E-state index contributed by atoms with van der Waals surface area (Å²) in [6.07, 6.45) is -5.23. The van der Waals surface area contributed by atoms with Gasteiger partial charge in [0, 0.05) is 6.42 Å². The van der Waals surface area contributed by atoms with E-state index in [4.69, 9.17) is 4.74 Å². The lowest BCUT2D eigenvalue weighted by molar-refractivity contribution is -0.284. The van der Waals surface area contributed by atoms with Crippen molar-refractivity contribution >= 4 is 0 Å². The Kier molecular flexibility index (Phi) is 7.26. The summed E-state index contributed by atoms with van der Waals surface area (Å²) in [5, 5.41) is 0. The second-order valence-corrected chi connectivity index (χ2v) is 5.41. The van der Waals surface area contributed by atoms with Gasteiger partial charge in [-0.3, -0.25) is 0 Å². The molecule has 126 valence electrons. The van der Waals surface area contributed by atoms with Gasteiger partial charge in [0.25, 0.3) is 0 Å². The van der Waals surface area contributed by atoms with Crippen LogP contribution in [0.4, 0.5) is 22.0 Å². The van der Waals surface area contributed by atoms with Crippen molar-refractivity contribution in [3.05, 3.63) is 35.9 Å². The second-order valence-electron chi connectivity index (χ2n) is 5.41. The zero-order chi connectivity index (χ0) is 16.6. The van der Waals surface area contributed by atoms with E-state index in [9.17, 15) is 22.0 Å². The first-order valence-electron chi connectivity index (χ1n) is 7.32. The predicted octanol–water partition coefficient (Wildman–Crippen LogP) is 5.74. The van der Waals surface area contributed by atoms with Gasteiger partial charge >= 0.3 is 12.1 Å². The van der Waals surface area contributed by atoms with Crippen molar-refractivity contribution in [1.29, 1.82) is 0 Å².